The Balaban J connectivity index is 2.38. The first-order valence-corrected chi connectivity index (χ1v) is 6.66. The Hall–Kier alpha value is -2.24. The van der Waals surface area contributed by atoms with Gasteiger partial charge in [0.1, 0.15) is 0 Å². The highest BCUT2D eigenvalue weighted by atomic mass is 35.5. The summed E-state index contributed by atoms with van der Waals surface area (Å²) in [6.07, 6.45) is 0. The van der Waals surface area contributed by atoms with E-state index in [1.165, 1.54) is 22.8 Å². The van der Waals surface area contributed by atoms with Crippen LogP contribution in [0, 0.1) is 0 Å². The molecule has 2 aromatic carbocycles. The molecule has 2 N–H and O–H groups in total. The molecular weight excluding hydrogens is 315 g/mol. The van der Waals surface area contributed by atoms with Crippen molar-refractivity contribution in [3.05, 3.63) is 62.5 Å². The third kappa shape index (κ3) is 2.30. The maximum Gasteiger partial charge on any atom is 0.335 e. The number of H-pyrrole nitrogens is 1. The molecule has 0 unspecified atom stereocenters. The predicted octanol–water partition coefficient (Wildman–Crippen LogP) is 3.32. The highest BCUT2D eigenvalue weighted by Gasteiger charge is 2.14. The summed E-state index contributed by atoms with van der Waals surface area (Å²) in [5, 5.41) is 9.82. The molecule has 106 valence electrons. The Bertz CT molecular complexity index is 928. The standard InChI is InChI=1S/C14H8Cl2N2O3/c15-8-2-3-9(16)11(6-8)18-12-5-7(13(19)20)1-4-10(12)17-14(18)21/h1-6H,(H,17,21)(H,19,20). The van der Waals surface area contributed by atoms with E-state index in [1.807, 2.05) is 0 Å². The Morgan fingerprint density at radius 2 is 1.90 bits per heavy atom. The van der Waals surface area contributed by atoms with Crippen LogP contribution in [0.5, 0.6) is 0 Å². The normalized spacial score (nSPS) is 11.0. The molecule has 0 saturated carbocycles. The van der Waals surface area contributed by atoms with E-state index in [1.54, 1.807) is 18.2 Å². The summed E-state index contributed by atoms with van der Waals surface area (Å²) in [5.74, 6) is -1.07. The minimum Gasteiger partial charge on any atom is -0.478 e. The van der Waals surface area contributed by atoms with Crippen molar-refractivity contribution in [3.63, 3.8) is 0 Å². The van der Waals surface area contributed by atoms with Gasteiger partial charge in [-0.1, -0.05) is 23.2 Å². The Morgan fingerprint density at radius 3 is 2.62 bits per heavy atom. The molecule has 5 nitrogen and oxygen atoms in total. The fourth-order valence-electron chi connectivity index (χ4n) is 2.13. The van der Waals surface area contributed by atoms with Crippen LogP contribution < -0.4 is 5.69 Å². The third-order valence-electron chi connectivity index (χ3n) is 3.08. The van der Waals surface area contributed by atoms with Gasteiger partial charge in [-0.15, -0.1) is 0 Å². The molecule has 21 heavy (non-hydrogen) atoms. The Kier molecular flexibility index (Phi) is 3.23. The first-order valence-electron chi connectivity index (χ1n) is 5.91. The van der Waals surface area contributed by atoms with Crippen molar-refractivity contribution in [2.45, 2.75) is 0 Å². The summed E-state index contributed by atoms with van der Waals surface area (Å²) < 4.78 is 1.30. The number of nitrogens with one attached hydrogen (secondary N) is 1. The van der Waals surface area contributed by atoms with Gasteiger partial charge in [0.05, 0.1) is 27.3 Å². The number of halogens is 2. The van der Waals surface area contributed by atoms with Crippen LogP contribution in [0.2, 0.25) is 10.0 Å². The number of hydrogen-bond donors (Lipinski definition) is 2. The van der Waals surface area contributed by atoms with Crippen molar-refractivity contribution >= 4 is 40.2 Å². The summed E-state index contributed by atoms with van der Waals surface area (Å²) in [5.41, 5.74) is 0.984. The number of aromatic carboxylic acids is 1. The quantitative estimate of drug-likeness (QED) is 0.759. The number of imidazole rings is 1. The SMILES string of the molecule is O=C(O)c1ccc2[nH]c(=O)n(-c3cc(Cl)ccc3Cl)c2c1. The van der Waals surface area contributed by atoms with Crippen molar-refractivity contribution < 1.29 is 9.90 Å². The molecule has 0 fully saturated rings. The largest absolute Gasteiger partial charge is 0.478 e. The fourth-order valence-corrected chi connectivity index (χ4v) is 2.50. The lowest BCUT2D eigenvalue weighted by atomic mass is 10.2. The number of carboxylic acids is 1. The van der Waals surface area contributed by atoms with Crippen LogP contribution in [0.3, 0.4) is 0 Å². The van der Waals surface area contributed by atoms with Gasteiger partial charge in [-0.2, -0.15) is 0 Å². The molecule has 1 aromatic heterocycles. The molecule has 0 saturated heterocycles. The molecule has 7 heteroatoms. The number of nitrogens with zero attached hydrogens (tertiary/aromatic N) is 1. The van der Waals surface area contributed by atoms with Gasteiger partial charge in [0, 0.05) is 5.02 Å². The first-order chi connectivity index (χ1) is 9.97. The maximum absolute atomic E-state index is 12.1. The second kappa shape index (κ2) is 4.95. The molecule has 0 radical (unpaired) electrons. The molecule has 3 rings (SSSR count). The summed E-state index contributed by atoms with van der Waals surface area (Å²) in [4.78, 5) is 25.9. The first kappa shape index (κ1) is 13.7. The van der Waals surface area contributed by atoms with Gasteiger partial charge >= 0.3 is 11.7 Å². The number of fused-ring (bicyclic) bond motifs is 1. The zero-order valence-corrected chi connectivity index (χ0v) is 11.9. The number of carboxylic acid groups (broad SMARTS) is 1. The minimum atomic E-state index is -1.07. The molecule has 0 spiro atoms. The average molecular weight is 323 g/mol. The number of aromatic nitrogens is 2. The molecule has 1 heterocycles. The van der Waals surface area contributed by atoms with Gasteiger partial charge < -0.3 is 10.1 Å². The summed E-state index contributed by atoms with van der Waals surface area (Å²) in [6, 6.07) is 9.10. The lowest BCUT2D eigenvalue weighted by Crippen LogP contribution is -2.15. The van der Waals surface area contributed by atoms with Gasteiger partial charge in [-0.25, -0.2) is 9.59 Å². The smallest absolute Gasteiger partial charge is 0.335 e. The number of carbonyl (C=O) groups is 1. The monoisotopic (exact) mass is 322 g/mol. The summed E-state index contributed by atoms with van der Waals surface area (Å²) in [7, 11) is 0. The highest BCUT2D eigenvalue weighted by molar-refractivity contribution is 6.34. The van der Waals surface area contributed by atoms with Crippen molar-refractivity contribution in [2.24, 2.45) is 0 Å². The Labute approximate surface area is 128 Å². The van der Waals surface area contributed by atoms with Crippen molar-refractivity contribution in [1.29, 1.82) is 0 Å². The van der Waals surface area contributed by atoms with E-state index < -0.39 is 11.7 Å². The molecule has 0 aliphatic rings. The van der Waals surface area contributed by atoms with Gasteiger partial charge in [0.15, 0.2) is 0 Å². The van der Waals surface area contributed by atoms with Gasteiger partial charge in [0.25, 0.3) is 0 Å². The third-order valence-corrected chi connectivity index (χ3v) is 3.63. The van der Waals surface area contributed by atoms with Crippen molar-refractivity contribution in [1.82, 2.24) is 9.55 Å². The molecule has 0 bridgehead atoms. The van der Waals surface area contributed by atoms with Crippen molar-refractivity contribution in [3.8, 4) is 5.69 Å². The molecule has 0 aliphatic carbocycles. The second-order valence-electron chi connectivity index (χ2n) is 4.40. The number of rotatable bonds is 2. The zero-order valence-electron chi connectivity index (χ0n) is 10.4. The van der Waals surface area contributed by atoms with E-state index >= 15 is 0 Å². The van der Waals surface area contributed by atoms with Crippen molar-refractivity contribution in [2.75, 3.05) is 0 Å². The molecule has 0 amide bonds. The van der Waals surface area contributed by atoms with E-state index in [9.17, 15) is 9.59 Å². The van der Waals surface area contributed by atoms with E-state index in [2.05, 4.69) is 4.98 Å². The fraction of sp³-hybridized carbons (Fsp3) is 0. The van der Waals surface area contributed by atoms with Gasteiger partial charge in [-0.05, 0) is 36.4 Å². The zero-order chi connectivity index (χ0) is 15.1. The minimum absolute atomic E-state index is 0.0772. The predicted molar refractivity (Wildman–Crippen MR) is 80.9 cm³/mol. The van der Waals surface area contributed by atoms with Crippen LogP contribution in [0.15, 0.2) is 41.2 Å². The lowest BCUT2D eigenvalue weighted by molar-refractivity contribution is 0.0697. The van der Waals surface area contributed by atoms with Gasteiger partial charge in [0.2, 0.25) is 0 Å². The maximum atomic E-state index is 12.1. The average Bonchev–Trinajstić information content (AvgIpc) is 2.76. The topological polar surface area (TPSA) is 75.1 Å². The van der Waals surface area contributed by atoms with Crippen LogP contribution in [-0.2, 0) is 0 Å². The van der Waals surface area contributed by atoms with E-state index in [-0.39, 0.29) is 5.56 Å². The molecule has 3 aromatic rings. The summed E-state index contributed by atoms with van der Waals surface area (Å²) in [6.45, 7) is 0. The van der Waals surface area contributed by atoms with Crippen LogP contribution in [-0.4, -0.2) is 20.6 Å². The molecule has 0 aliphatic heterocycles. The van der Waals surface area contributed by atoms with E-state index in [0.717, 1.165) is 0 Å². The molecule has 0 atom stereocenters. The van der Waals surface area contributed by atoms with Crippen LogP contribution in [0.1, 0.15) is 10.4 Å². The van der Waals surface area contributed by atoms with Crippen LogP contribution in [0.4, 0.5) is 0 Å². The lowest BCUT2D eigenvalue weighted by Gasteiger charge is -2.07. The van der Waals surface area contributed by atoms with Gasteiger partial charge in [-0.3, -0.25) is 4.57 Å². The van der Waals surface area contributed by atoms with E-state index in [4.69, 9.17) is 28.3 Å². The number of aromatic amines is 1. The highest BCUT2D eigenvalue weighted by Crippen LogP contribution is 2.26. The summed E-state index contributed by atoms with van der Waals surface area (Å²) >= 11 is 12.1. The number of benzene rings is 2. The Morgan fingerprint density at radius 1 is 1.14 bits per heavy atom. The molecular formula is C14H8Cl2N2O3. The second-order valence-corrected chi connectivity index (χ2v) is 5.24. The van der Waals surface area contributed by atoms with Crippen LogP contribution in [0.25, 0.3) is 16.7 Å². The van der Waals surface area contributed by atoms with E-state index in [0.29, 0.717) is 26.8 Å². The van der Waals surface area contributed by atoms with Crippen LogP contribution >= 0.6 is 23.2 Å². The number of hydrogen-bond acceptors (Lipinski definition) is 2.